The van der Waals surface area contributed by atoms with E-state index in [1.165, 1.54) is 11.9 Å². The van der Waals surface area contributed by atoms with Crippen LogP contribution in [0.15, 0.2) is 0 Å². The molecule has 1 atom stereocenters. The molecule has 104 valence electrons. The zero-order valence-electron chi connectivity index (χ0n) is 11.6. The van der Waals surface area contributed by atoms with E-state index in [1.54, 1.807) is 0 Å². The Kier molecular flexibility index (Phi) is 4.59. The number of carboxylic acid groups (broad SMARTS) is 1. The molecule has 1 aliphatic carbocycles. The maximum absolute atomic E-state index is 11.9. The van der Waals surface area contributed by atoms with Crippen LogP contribution in [0.4, 0.5) is 4.79 Å². The molecule has 1 saturated carbocycles. The van der Waals surface area contributed by atoms with Gasteiger partial charge in [0.25, 0.3) is 0 Å². The highest BCUT2D eigenvalue weighted by Crippen LogP contribution is 2.34. The first-order valence-electron chi connectivity index (χ1n) is 6.45. The minimum absolute atomic E-state index is 0.445. The number of hydrogen-bond acceptors (Lipinski definition) is 3. The Bertz CT molecular complexity index is 323. The van der Waals surface area contributed by atoms with Gasteiger partial charge in [0.1, 0.15) is 11.6 Å². The SMILES string of the molecule is CCC(C)(C)OC(=O)N(C)[C@@H](CC1CC1)C(=O)O. The summed E-state index contributed by atoms with van der Waals surface area (Å²) in [6.07, 6.45) is 2.77. The normalized spacial score (nSPS) is 17.1. The Labute approximate surface area is 108 Å². The van der Waals surface area contributed by atoms with Crippen LogP contribution in [0, 0.1) is 5.92 Å². The molecule has 0 aromatic rings. The van der Waals surface area contributed by atoms with E-state index < -0.39 is 23.7 Å². The second-order valence-corrected chi connectivity index (χ2v) is 5.63. The van der Waals surface area contributed by atoms with Gasteiger partial charge in [-0.1, -0.05) is 19.8 Å². The molecule has 5 nitrogen and oxygen atoms in total. The van der Waals surface area contributed by atoms with Crippen LogP contribution in [0.3, 0.4) is 0 Å². The number of likely N-dealkylation sites (N-methyl/N-ethyl adjacent to an activating group) is 1. The van der Waals surface area contributed by atoms with Crippen molar-refractivity contribution in [3.63, 3.8) is 0 Å². The molecule has 0 aromatic heterocycles. The van der Waals surface area contributed by atoms with Crippen LogP contribution in [-0.2, 0) is 9.53 Å². The lowest BCUT2D eigenvalue weighted by atomic mass is 10.1. The summed E-state index contributed by atoms with van der Waals surface area (Å²) in [6, 6.07) is -0.780. The molecule has 5 heteroatoms. The van der Waals surface area contributed by atoms with Gasteiger partial charge in [0, 0.05) is 7.05 Å². The van der Waals surface area contributed by atoms with Crippen LogP contribution in [0.25, 0.3) is 0 Å². The van der Waals surface area contributed by atoms with Crippen molar-refractivity contribution in [2.75, 3.05) is 7.05 Å². The van der Waals surface area contributed by atoms with Crippen molar-refractivity contribution in [2.45, 2.75) is 58.1 Å². The molecule has 0 unspecified atom stereocenters. The Hall–Kier alpha value is -1.26. The summed E-state index contributed by atoms with van der Waals surface area (Å²) >= 11 is 0. The van der Waals surface area contributed by atoms with Crippen LogP contribution in [0.1, 0.15) is 46.5 Å². The maximum atomic E-state index is 11.9. The van der Waals surface area contributed by atoms with Gasteiger partial charge in [0.05, 0.1) is 0 Å². The summed E-state index contributed by atoms with van der Waals surface area (Å²) < 4.78 is 5.31. The van der Waals surface area contributed by atoms with Crippen LogP contribution in [0.2, 0.25) is 0 Å². The molecule has 1 N–H and O–H groups in total. The van der Waals surface area contributed by atoms with Crippen molar-refractivity contribution >= 4 is 12.1 Å². The minimum Gasteiger partial charge on any atom is -0.480 e. The van der Waals surface area contributed by atoms with E-state index in [4.69, 9.17) is 4.74 Å². The highest BCUT2D eigenvalue weighted by atomic mass is 16.6. The van der Waals surface area contributed by atoms with E-state index >= 15 is 0 Å². The lowest BCUT2D eigenvalue weighted by Crippen LogP contribution is -2.45. The van der Waals surface area contributed by atoms with Crippen molar-refractivity contribution in [3.05, 3.63) is 0 Å². The van der Waals surface area contributed by atoms with Crippen molar-refractivity contribution in [1.82, 2.24) is 4.90 Å². The van der Waals surface area contributed by atoms with Gasteiger partial charge in [-0.05, 0) is 32.6 Å². The van der Waals surface area contributed by atoms with E-state index in [0.717, 1.165) is 12.8 Å². The second kappa shape index (κ2) is 5.59. The number of carbonyl (C=O) groups excluding carboxylic acids is 1. The topological polar surface area (TPSA) is 66.8 Å². The first-order valence-corrected chi connectivity index (χ1v) is 6.45. The van der Waals surface area contributed by atoms with Gasteiger partial charge >= 0.3 is 12.1 Å². The molecular weight excluding hydrogens is 234 g/mol. The maximum Gasteiger partial charge on any atom is 0.410 e. The van der Waals surface area contributed by atoms with Gasteiger partial charge in [-0.25, -0.2) is 9.59 Å². The quantitative estimate of drug-likeness (QED) is 0.794. The van der Waals surface area contributed by atoms with Crippen molar-refractivity contribution in [1.29, 1.82) is 0 Å². The average Bonchev–Trinajstić information content (AvgIpc) is 3.07. The van der Waals surface area contributed by atoms with Crippen molar-refractivity contribution in [2.24, 2.45) is 5.92 Å². The summed E-state index contributed by atoms with van der Waals surface area (Å²) in [5, 5.41) is 9.18. The lowest BCUT2D eigenvalue weighted by molar-refractivity contribution is -0.143. The van der Waals surface area contributed by atoms with Crippen LogP contribution >= 0.6 is 0 Å². The molecule has 0 radical (unpaired) electrons. The number of carboxylic acids is 1. The highest BCUT2D eigenvalue weighted by Gasteiger charge is 2.35. The minimum atomic E-state index is -0.962. The van der Waals surface area contributed by atoms with Gasteiger partial charge in [0.2, 0.25) is 0 Å². The van der Waals surface area contributed by atoms with E-state index in [0.29, 0.717) is 18.8 Å². The Morgan fingerprint density at radius 1 is 1.44 bits per heavy atom. The van der Waals surface area contributed by atoms with Crippen molar-refractivity contribution in [3.8, 4) is 0 Å². The molecular formula is C13H23NO4. The Balaban J connectivity index is 2.60. The zero-order valence-corrected chi connectivity index (χ0v) is 11.6. The first kappa shape index (κ1) is 14.8. The summed E-state index contributed by atoms with van der Waals surface area (Å²) in [6.45, 7) is 5.55. The van der Waals surface area contributed by atoms with Gasteiger partial charge in [-0.3, -0.25) is 4.90 Å². The molecule has 1 fully saturated rings. The van der Waals surface area contributed by atoms with Gasteiger partial charge in [-0.2, -0.15) is 0 Å². The number of rotatable bonds is 6. The molecule has 0 aliphatic heterocycles. The number of amides is 1. The molecule has 18 heavy (non-hydrogen) atoms. The standard InChI is InChI=1S/C13H23NO4/c1-5-13(2,3)18-12(17)14(4)10(11(15)16)8-9-6-7-9/h9-10H,5-8H2,1-4H3,(H,15,16)/t10-/m0/s1. The van der Waals surface area contributed by atoms with E-state index in [-0.39, 0.29) is 0 Å². The summed E-state index contributed by atoms with van der Waals surface area (Å²) in [4.78, 5) is 24.3. The Morgan fingerprint density at radius 3 is 2.39 bits per heavy atom. The fourth-order valence-corrected chi connectivity index (χ4v) is 1.60. The average molecular weight is 257 g/mol. The molecule has 1 aliphatic rings. The van der Waals surface area contributed by atoms with Crippen LogP contribution in [0.5, 0.6) is 0 Å². The predicted octanol–water partition coefficient (Wildman–Crippen LogP) is 2.50. The fraction of sp³-hybridized carbons (Fsp3) is 0.846. The van der Waals surface area contributed by atoms with Crippen LogP contribution in [-0.4, -0.2) is 40.8 Å². The number of aliphatic carboxylic acids is 1. The molecule has 1 amide bonds. The molecule has 0 spiro atoms. The summed E-state index contributed by atoms with van der Waals surface area (Å²) in [5.74, 6) is -0.517. The first-order chi connectivity index (χ1) is 8.26. The third kappa shape index (κ3) is 4.20. The van der Waals surface area contributed by atoms with Gasteiger partial charge < -0.3 is 9.84 Å². The fourth-order valence-electron chi connectivity index (χ4n) is 1.60. The molecule has 0 aromatic carbocycles. The largest absolute Gasteiger partial charge is 0.480 e. The molecule has 0 saturated heterocycles. The third-order valence-corrected chi connectivity index (χ3v) is 3.51. The third-order valence-electron chi connectivity index (χ3n) is 3.51. The molecule has 0 bridgehead atoms. The van der Waals surface area contributed by atoms with E-state index in [2.05, 4.69) is 0 Å². The van der Waals surface area contributed by atoms with Crippen LogP contribution < -0.4 is 0 Å². The highest BCUT2D eigenvalue weighted by molar-refractivity contribution is 5.80. The smallest absolute Gasteiger partial charge is 0.410 e. The van der Waals surface area contributed by atoms with Crippen molar-refractivity contribution < 1.29 is 19.4 Å². The Morgan fingerprint density at radius 2 is 2.00 bits per heavy atom. The number of nitrogens with zero attached hydrogens (tertiary/aromatic N) is 1. The predicted molar refractivity (Wildman–Crippen MR) is 67.4 cm³/mol. The molecule has 1 rings (SSSR count). The van der Waals surface area contributed by atoms with E-state index in [1.807, 2.05) is 20.8 Å². The molecule has 0 heterocycles. The van der Waals surface area contributed by atoms with Gasteiger partial charge in [0.15, 0.2) is 0 Å². The number of hydrogen-bond donors (Lipinski definition) is 1. The monoisotopic (exact) mass is 257 g/mol. The summed E-state index contributed by atoms with van der Waals surface area (Å²) in [5.41, 5.74) is -0.562. The number of carbonyl (C=O) groups is 2. The number of ether oxygens (including phenoxy) is 1. The van der Waals surface area contributed by atoms with E-state index in [9.17, 15) is 14.7 Å². The summed E-state index contributed by atoms with van der Waals surface area (Å²) in [7, 11) is 1.50. The second-order valence-electron chi connectivity index (χ2n) is 5.63. The lowest BCUT2D eigenvalue weighted by Gasteiger charge is -2.30. The van der Waals surface area contributed by atoms with Gasteiger partial charge in [-0.15, -0.1) is 0 Å². The zero-order chi connectivity index (χ0) is 13.9.